The molecular weight excluding hydrogens is 128 g/mol. The quantitative estimate of drug-likeness (QED) is 0.555. The first-order chi connectivity index (χ1) is 4.86. The fraction of sp³-hybridized carbons (Fsp3) is 0. The summed E-state index contributed by atoms with van der Waals surface area (Å²) in [5.41, 5.74) is 6.06. The summed E-state index contributed by atoms with van der Waals surface area (Å²) in [5.74, 6) is 0.490. The highest BCUT2D eigenvalue weighted by atomic mass is 15.2. The van der Waals surface area contributed by atoms with Crippen molar-refractivity contribution in [2.45, 2.75) is 0 Å². The van der Waals surface area contributed by atoms with Gasteiger partial charge in [-0.15, -0.1) is 0 Å². The van der Waals surface area contributed by atoms with Crippen molar-refractivity contribution in [3.63, 3.8) is 0 Å². The van der Waals surface area contributed by atoms with Gasteiger partial charge in [0.1, 0.15) is 5.82 Å². The number of nitrogen functional groups attached to an aromatic ring is 1. The third-order valence-electron chi connectivity index (χ3n) is 1.21. The maximum Gasteiger partial charge on any atom is 0.165 e. The second-order valence-corrected chi connectivity index (χ2v) is 1.91. The van der Waals surface area contributed by atoms with Crippen LogP contribution in [0.4, 0.5) is 5.82 Å². The molecule has 0 atom stereocenters. The lowest BCUT2D eigenvalue weighted by Crippen LogP contribution is -1.93. The molecule has 0 aliphatic carbocycles. The van der Waals surface area contributed by atoms with Crippen LogP contribution in [-0.2, 0) is 0 Å². The Hall–Kier alpha value is -1.58. The van der Waals surface area contributed by atoms with Crippen LogP contribution < -0.4 is 5.73 Å². The molecule has 49 valence electrons. The number of anilines is 1. The summed E-state index contributed by atoms with van der Waals surface area (Å²) in [7, 11) is 0. The van der Waals surface area contributed by atoms with Crippen LogP contribution in [0.25, 0.3) is 5.65 Å². The van der Waals surface area contributed by atoms with Crippen LogP contribution in [0.2, 0.25) is 0 Å². The molecule has 0 aliphatic heterocycles. The number of aromatic nitrogens is 3. The Morgan fingerprint density at radius 2 is 2.50 bits per heavy atom. The average molecular weight is 133 g/mol. The summed E-state index contributed by atoms with van der Waals surface area (Å²) < 4.78 is 1.61. The van der Waals surface area contributed by atoms with Crippen molar-refractivity contribution in [3.8, 4) is 0 Å². The monoisotopic (exact) mass is 133 g/mol. The molecule has 0 fully saturated rings. The third kappa shape index (κ3) is 0.621. The highest BCUT2D eigenvalue weighted by molar-refractivity contribution is 5.41. The van der Waals surface area contributed by atoms with Gasteiger partial charge in [0.2, 0.25) is 0 Å². The average Bonchev–Trinajstić information content (AvgIpc) is 2.33. The zero-order valence-corrected chi connectivity index (χ0v) is 5.15. The van der Waals surface area contributed by atoms with Gasteiger partial charge in [0.05, 0.1) is 12.3 Å². The second kappa shape index (κ2) is 1.70. The fourth-order valence-electron chi connectivity index (χ4n) is 0.769. The van der Waals surface area contributed by atoms with Crippen molar-refractivity contribution in [1.82, 2.24) is 14.6 Å². The maximum absolute atomic E-state index is 5.41. The molecule has 0 aliphatic rings. The van der Waals surface area contributed by atoms with Crippen molar-refractivity contribution in [1.29, 1.82) is 0 Å². The molecular formula is C6H5N4. The highest BCUT2D eigenvalue weighted by Gasteiger charge is 1.92. The number of rotatable bonds is 0. The Balaban J connectivity index is 2.86. The topological polar surface area (TPSA) is 56.2 Å². The van der Waals surface area contributed by atoms with Crippen LogP contribution in [0.3, 0.4) is 0 Å². The van der Waals surface area contributed by atoms with Crippen molar-refractivity contribution in [3.05, 3.63) is 24.5 Å². The largest absolute Gasteiger partial charge is 0.384 e. The van der Waals surface area contributed by atoms with Gasteiger partial charge in [0, 0.05) is 6.20 Å². The molecule has 1 radical (unpaired) electrons. The van der Waals surface area contributed by atoms with Gasteiger partial charge in [-0.2, -0.15) is 5.10 Å². The number of hydrogen-bond acceptors (Lipinski definition) is 3. The van der Waals surface area contributed by atoms with E-state index in [-0.39, 0.29) is 0 Å². The van der Waals surface area contributed by atoms with Gasteiger partial charge in [-0.1, -0.05) is 0 Å². The number of hydrogen-bond donors (Lipinski definition) is 1. The molecule has 10 heavy (non-hydrogen) atoms. The molecule has 2 heterocycles. The van der Waals surface area contributed by atoms with Crippen LogP contribution in [-0.4, -0.2) is 14.6 Å². The van der Waals surface area contributed by atoms with Crippen LogP contribution >= 0.6 is 0 Å². The second-order valence-electron chi connectivity index (χ2n) is 1.91. The Bertz CT molecular complexity index is 351. The minimum Gasteiger partial charge on any atom is -0.384 e. The molecule has 0 aromatic carbocycles. The van der Waals surface area contributed by atoms with E-state index >= 15 is 0 Å². The standard InChI is InChI=1S/C6H5N4/c7-5-2-4-10-6(9-5)1-3-8-10/h2-4H,(H2,7,9). The summed E-state index contributed by atoms with van der Waals surface area (Å²) in [6, 6.07) is 4.51. The third-order valence-corrected chi connectivity index (χ3v) is 1.21. The van der Waals surface area contributed by atoms with Gasteiger partial charge < -0.3 is 5.73 Å². The molecule has 2 rings (SSSR count). The predicted octanol–water partition coefficient (Wildman–Crippen LogP) is 0.112. The van der Waals surface area contributed by atoms with Gasteiger partial charge >= 0.3 is 0 Å². The Morgan fingerprint density at radius 3 is 3.40 bits per heavy atom. The van der Waals surface area contributed by atoms with Gasteiger partial charge in [-0.25, -0.2) is 9.50 Å². The van der Waals surface area contributed by atoms with E-state index in [9.17, 15) is 0 Å². The Labute approximate surface area is 57.3 Å². The van der Waals surface area contributed by atoms with Crippen LogP contribution in [0.1, 0.15) is 0 Å². The van der Waals surface area contributed by atoms with Crippen LogP contribution in [0.5, 0.6) is 0 Å². The summed E-state index contributed by atoms with van der Waals surface area (Å²) in [6.07, 6.45) is 3.30. The first kappa shape index (κ1) is 5.22. The van der Waals surface area contributed by atoms with E-state index in [0.717, 1.165) is 0 Å². The number of fused-ring (bicyclic) bond motifs is 1. The van der Waals surface area contributed by atoms with E-state index < -0.39 is 0 Å². The molecule has 0 unspecified atom stereocenters. The molecule has 0 saturated carbocycles. The normalized spacial score (nSPS) is 10.4. The first-order valence-corrected chi connectivity index (χ1v) is 2.84. The lowest BCUT2D eigenvalue weighted by molar-refractivity contribution is 0.942. The number of nitrogens with zero attached hydrogens (tertiary/aromatic N) is 3. The van der Waals surface area contributed by atoms with E-state index in [0.29, 0.717) is 11.5 Å². The Kier molecular flexibility index (Phi) is 0.887. The van der Waals surface area contributed by atoms with E-state index in [4.69, 9.17) is 5.73 Å². The van der Waals surface area contributed by atoms with E-state index in [1.807, 2.05) is 0 Å². The molecule has 2 aromatic rings. The smallest absolute Gasteiger partial charge is 0.165 e. The van der Waals surface area contributed by atoms with E-state index in [1.54, 1.807) is 23.0 Å². The van der Waals surface area contributed by atoms with E-state index in [1.165, 1.54) is 0 Å². The lowest BCUT2D eigenvalue weighted by atomic mass is 10.6. The molecule has 4 heteroatoms. The molecule has 0 spiro atoms. The van der Waals surface area contributed by atoms with Gasteiger partial charge in [-0.05, 0) is 6.07 Å². The summed E-state index contributed by atoms with van der Waals surface area (Å²) >= 11 is 0. The van der Waals surface area contributed by atoms with Gasteiger partial charge in [0.15, 0.2) is 5.65 Å². The van der Waals surface area contributed by atoms with Crippen molar-refractivity contribution >= 4 is 11.5 Å². The molecule has 0 bridgehead atoms. The van der Waals surface area contributed by atoms with Gasteiger partial charge in [-0.3, -0.25) is 0 Å². The molecule has 0 saturated heterocycles. The summed E-state index contributed by atoms with van der Waals surface area (Å²) in [4.78, 5) is 3.96. The van der Waals surface area contributed by atoms with Crippen molar-refractivity contribution in [2.24, 2.45) is 0 Å². The summed E-state index contributed by atoms with van der Waals surface area (Å²) in [6.45, 7) is 0. The molecule has 2 N–H and O–H groups in total. The maximum atomic E-state index is 5.41. The molecule has 0 amide bonds. The molecule has 4 nitrogen and oxygen atoms in total. The minimum absolute atomic E-state index is 0.490. The number of nitrogens with two attached hydrogens (primary N) is 1. The fourth-order valence-corrected chi connectivity index (χ4v) is 0.769. The van der Waals surface area contributed by atoms with Crippen LogP contribution in [0, 0.1) is 6.07 Å². The zero-order valence-electron chi connectivity index (χ0n) is 5.15. The predicted molar refractivity (Wildman–Crippen MR) is 36.2 cm³/mol. The van der Waals surface area contributed by atoms with Crippen molar-refractivity contribution < 1.29 is 0 Å². The van der Waals surface area contributed by atoms with Crippen molar-refractivity contribution in [2.75, 3.05) is 5.73 Å². The molecule has 2 aromatic heterocycles. The lowest BCUT2D eigenvalue weighted by Gasteiger charge is -1.91. The minimum atomic E-state index is 0.490. The zero-order chi connectivity index (χ0) is 6.97. The highest BCUT2D eigenvalue weighted by Crippen LogP contribution is 1.99. The summed E-state index contributed by atoms with van der Waals surface area (Å²) in [5, 5.41) is 3.90. The Morgan fingerprint density at radius 1 is 1.60 bits per heavy atom. The van der Waals surface area contributed by atoms with E-state index in [2.05, 4.69) is 16.1 Å². The van der Waals surface area contributed by atoms with Crippen LogP contribution in [0.15, 0.2) is 18.5 Å². The first-order valence-electron chi connectivity index (χ1n) is 2.84. The SMILES string of the molecule is Nc1ccn2nc[c]c2n1. The van der Waals surface area contributed by atoms with Gasteiger partial charge in [0.25, 0.3) is 0 Å².